The Labute approximate surface area is 112 Å². The first-order valence-electron chi connectivity index (χ1n) is 6.77. The van der Waals surface area contributed by atoms with Crippen molar-refractivity contribution in [2.75, 3.05) is 30.4 Å². The summed E-state index contributed by atoms with van der Waals surface area (Å²) in [7, 11) is 1.85. The van der Waals surface area contributed by atoms with Gasteiger partial charge in [0.2, 0.25) is 0 Å². The third kappa shape index (κ3) is 2.26. The molecule has 0 radical (unpaired) electrons. The molecule has 2 heterocycles. The molecule has 1 saturated heterocycles. The summed E-state index contributed by atoms with van der Waals surface area (Å²) in [6, 6.07) is 0. The molecule has 2 fully saturated rings. The largest absolute Gasteiger partial charge is 0.389 e. The van der Waals surface area contributed by atoms with Crippen LogP contribution in [0.3, 0.4) is 0 Å². The zero-order chi connectivity index (χ0) is 13.6. The molecule has 0 spiro atoms. The summed E-state index contributed by atoms with van der Waals surface area (Å²) >= 11 is 0. The van der Waals surface area contributed by atoms with Crippen molar-refractivity contribution in [3.63, 3.8) is 0 Å². The zero-order valence-electron chi connectivity index (χ0n) is 11.3. The minimum absolute atomic E-state index is 0.423. The third-order valence-corrected chi connectivity index (χ3v) is 3.88. The van der Waals surface area contributed by atoms with Crippen molar-refractivity contribution in [1.29, 1.82) is 0 Å². The van der Waals surface area contributed by atoms with Gasteiger partial charge in [0.1, 0.15) is 17.5 Å². The Hall–Kier alpha value is -1.40. The van der Waals surface area contributed by atoms with Gasteiger partial charge in [0, 0.05) is 31.6 Å². The first-order chi connectivity index (χ1) is 9.10. The zero-order valence-corrected chi connectivity index (χ0v) is 11.3. The number of rotatable bonds is 3. The van der Waals surface area contributed by atoms with Crippen LogP contribution < -0.4 is 10.2 Å². The summed E-state index contributed by atoms with van der Waals surface area (Å²) in [5, 5.41) is 22.5. The Morgan fingerprint density at radius 2 is 1.79 bits per heavy atom. The van der Waals surface area contributed by atoms with Crippen LogP contribution >= 0.6 is 0 Å². The van der Waals surface area contributed by atoms with Gasteiger partial charge in [0.15, 0.2) is 0 Å². The van der Waals surface area contributed by atoms with E-state index in [4.69, 9.17) is 0 Å². The number of hydrogen-bond donors (Lipinski definition) is 3. The van der Waals surface area contributed by atoms with Crippen molar-refractivity contribution in [2.24, 2.45) is 0 Å². The van der Waals surface area contributed by atoms with E-state index in [1.807, 2.05) is 18.9 Å². The van der Waals surface area contributed by atoms with E-state index in [-0.39, 0.29) is 0 Å². The molecule has 1 aromatic heterocycles. The molecule has 6 nitrogen and oxygen atoms in total. The standard InChI is InChI=1S/C13H20N4O2/c1-7-11(14-2)15-12(8-3-4-8)16-13(7)17-5-9(18)10(19)6-17/h8-10,18-19H,3-6H2,1-2H3,(H,14,15,16). The molecule has 1 aromatic rings. The summed E-state index contributed by atoms with van der Waals surface area (Å²) in [6.45, 7) is 2.81. The molecule has 2 unspecified atom stereocenters. The van der Waals surface area contributed by atoms with Crippen molar-refractivity contribution < 1.29 is 10.2 Å². The first kappa shape index (κ1) is 12.6. The summed E-state index contributed by atoms with van der Waals surface area (Å²) in [5.41, 5.74) is 0.966. The molecule has 0 aromatic carbocycles. The monoisotopic (exact) mass is 264 g/mol. The lowest BCUT2D eigenvalue weighted by atomic mass is 10.2. The maximum absolute atomic E-state index is 9.69. The Bertz CT molecular complexity index is 480. The average Bonchev–Trinajstić information content (AvgIpc) is 3.17. The number of nitrogens with one attached hydrogen (secondary N) is 1. The Morgan fingerprint density at radius 3 is 2.32 bits per heavy atom. The highest BCUT2D eigenvalue weighted by atomic mass is 16.3. The summed E-state index contributed by atoms with van der Waals surface area (Å²) in [5.74, 6) is 3.02. The highest BCUT2D eigenvalue weighted by Crippen LogP contribution is 2.40. The highest BCUT2D eigenvalue weighted by molar-refractivity contribution is 5.59. The van der Waals surface area contributed by atoms with E-state index in [1.165, 1.54) is 0 Å². The number of β-amino-alcohol motifs (C(OH)–C–C–N with tert-alkyl or cyclic N) is 2. The fraction of sp³-hybridized carbons (Fsp3) is 0.692. The minimum Gasteiger partial charge on any atom is -0.389 e. The summed E-state index contributed by atoms with van der Waals surface area (Å²) < 4.78 is 0. The van der Waals surface area contributed by atoms with E-state index >= 15 is 0 Å². The maximum atomic E-state index is 9.69. The number of hydrogen-bond acceptors (Lipinski definition) is 6. The van der Waals surface area contributed by atoms with Gasteiger partial charge in [-0.1, -0.05) is 0 Å². The predicted molar refractivity (Wildman–Crippen MR) is 72.5 cm³/mol. The highest BCUT2D eigenvalue weighted by Gasteiger charge is 2.33. The van der Waals surface area contributed by atoms with Gasteiger partial charge in [0.05, 0.1) is 12.2 Å². The second-order valence-corrected chi connectivity index (χ2v) is 5.44. The fourth-order valence-electron chi connectivity index (χ4n) is 2.54. The van der Waals surface area contributed by atoms with Crippen molar-refractivity contribution in [2.45, 2.75) is 37.9 Å². The van der Waals surface area contributed by atoms with Crippen LogP contribution in [0.4, 0.5) is 11.6 Å². The smallest absolute Gasteiger partial charge is 0.137 e. The molecule has 2 atom stereocenters. The van der Waals surface area contributed by atoms with E-state index in [0.29, 0.717) is 19.0 Å². The molecule has 1 aliphatic heterocycles. The number of anilines is 2. The number of nitrogens with zero attached hydrogens (tertiary/aromatic N) is 3. The second kappa shape index (κ2) is 4.61. The van der Waals surface area contributed by atoms with E-state index in [9.17, 15) is 10.2 Å². The van der Waals surface area contributed by atoms with Gasteiger partial charge in [-0.2, -0.15) is 0 Å². The van der Waals surface area contributed by atoms with E-state index in [2.05, 4.69) is 15.3 Å². The first-order valence-corrected chi connectivity index (χ1v) is 6.77. The Kier molecular flexibility index (Phi) is 3.06. The van der Waals surface area contributed by atoms with Crippen LogP contribution in [0.1, 0.15) is 30.1 Å². The quantitative estimate of drug-likeness (QED) is 0.726. The molecule has 104 valence electrons. The van der Waals surface area contributed by atoms with Gasteiger partial charge in [0.25, 0.3) is 0 Å². The molecule has 3 rings (SSSR count). The van der Waals surface area contributed by atoms with Crippen molar-refractivity contribution >= 4 is 11.6 Å². The molecule has 6 heteroatoms. The van der Waals surface area contributed by atoms with Gasteiger partial charge in [-0.15, -0.1) is 0 Å². The summed E-state index contributed by atoms with van der Waals surface area (Å²) in [6.07, 6.45) is 0.905. The molecule has 0 amide bonds. The van der Waals surface area contributed by atoms with E-state index < -0.39 is 12.2 Å². The van der Waals surface area contributed by atoms with Crippen LogP contribution in [0, 0.1) is 6.92 Å². The molecule has 0 bridgehead atoms. The maximum Gasteiger partial charge on any atom is 0.137 e. The predicted octanol–water partition coefficient (Wildman–Crippen LogP) is 0.246. The number of aliphatic hydroxyl groups excluding tert-OH is 2. The molecule has 3 N–H and O–H groups in total. The lowest BCUT2D eigenvalue weighted by molar-refractivity contribution is 0.0572. The van der Waals surface area contributed by atoms with Gasteiger partial charge in [-0.3, -0.25) is 0 Å². The van der Waals surface area contributed by atoms with Crippen LogP contribution in [0.15, 0.2) is 0 Å². The third-order valence-electron chi connectivity index (χ3n) is 3.88. The topological polar surface area (TPSA) is 81.5 Å². The van der Waals surface area contributed by atoms with Gasteiger partial charge in [-0.05, 0) is 19.8 Å². The van der Waals surface area contributed by atoms with E-state index in [1.54, 1.807) is 0 Å². The second-order valence-electron chi connectivity index (χ2n) is 5.44. The van der Waals surface area contributed by atoms with Crippen molar-refractivity contribution in [3.8, 4) is 0 Å². The Balaban J connectivity index is 1.97. The van der Waals surface area contributed by atoms with Gasteiger partial charge < -0.3 is 20.4 Å². The van der Waals surface area contributed by atoms with Crippen LogP contribution in [-0.4, -0.2) is 52.5 Å². The van der Waals surface area contributed by atoms with Crippen LogP contribution in [0.25, 0.3) is 0 Å². The molecule has 1 saturated carbocycles. The fourth-order valence-corrected chi connectivity index (χ4v) is 2.54. The molecule has 1 aliphatic carbocycles. The Morgan fingerprint density at radius 1 is 1.16 bits per heavy atom. The summed E-state index contributed by atoms with van der Waals surface area (Å²) in [4.78, 5) is 11.1. The van der Waals surface area contributed by atoms with Crippen LogP contribution in [0.5, 0.6) is 0 Å². The number of aromatic nitrogens is 2. The minimum atomic E-state index is -0.697. The number of aliphatic hydroxyl groups is 2. The lowest BCUT2D eigenvalue weighted by Crippen LogP contribution is -2.24. The SMILES string of the molecule is CNc1nc(C2CC2)nc(N2CC(O)C(O)C2)c1C. The van der Waals surface area contributed by atoms with Crippen molar-refractivity contribution in [1.82, 2.24) is 9.97 Å². The average molecular weight is 264 g/mol. The normalized spacial score (nSPS) is 26.8. The van der Waals surface area contributed by atoms with Crippen LogP contribution in [0.2, 0.25) is 0 Å². The van der Waals surface area contributed by atoms with E-state index in [0.717, 1.165) is 35.9 Å². The van der Waals surface area contributed by atoms with Gasteiger partial charge >= 0.3 is 0 Å². The molecule has 19 heavy (non-hydrogen) atoms. The lowest BCUT2D eigenvalue weighted by Gasteiger charge is -2.21. The van der Waals surface area contributed by atoms with Gasteiger partial charge in [-0.25, -0.2) is 9.97 Å². The molecular weight excluding hydrogens is 244 g/mol. The van der Waals surface area contributed by atoms with Crippen LogP contribution in [-0.2, 0) is 0 Å². The van der Waals surface area contributed by atoms with Crippen molar-refractivity contribution in [3.05, 3.63) is 11.4 Å². The molecule has 2 aliphatic rings. The molecular formula is C13H20N4O2.